The Morgan fingerprint density at radius 2 is 2.16 bits per heavy atom. The molecule has 0 aromatic carbocycles. The smallest absolute Gasteiger partial charge is 0.339 e. The fourth-order valence-electron chi connectivity index (χ4n) is 1.68. The van der Waals surface area contributed by atoms with E-state index in [1.54, 1.807) is 30.8 Å². The van der Waals surface area contributed by atoms with Crippen LogP contribution in [0, 0.1) is 13.8 Å². The summed E-state index contributed by atoms with van der Waals surface area (Å²) in [4.78, 5) is 11.3. The number of rotatable bonds is 4. The SMILES string of the molecule is CCn1ccc(Nc2nnc(C)c(C)c2C(=O)O)n1. The summed E-state index contributed by atoms with van der Waals surface area (Å²) in [6, 6.07) is 1.76. The number of carboxylic acids is 1. The third-order valence-electron chi connectivity index (χ3n) is 2.88. The molecule has 19 heavy (non-hydrogen) atoms. The molecule has 2 aromatic heterocycles. The lowest BCUT2D eigenvalue weighted by atomic mass is 10.1. The van der Waals surface area contributed by atoms with Crippen LogP contribution >= 0.6 is 0 Å². The van der Waals surface area contributed by atoms with Crippen LogP contribution in [0.2, 0.25) is 0 Å². The standard InChI is InChI=1S/C12H15N5O2/c1-4-17-6-5-9(16-17)13-11-10(12(18)19)7(2)8(3)14-15-11/h5-6H,4H2,1-3H3,(H,18,19)(H,13,15,16). The van der Waals surface area contributed by atoms with Crippen LogP contribution in [0.1, 0.15) is 28.5 Å². The van der Waals surface area contributed by atoms with Crippen molar-refractivity contribution < 1.29 is 9.90 Å². The number of aromatic carboxylic acids is 1. The summed E-state index contributed by atoms with van der Waals surface area (Å²) >= 11 is 0. The fourth-order valence-corrected chi connectivity index (χ4v) is 1.68. The van der Waals surface area contributed by atoms with E-state index in [1.165, 1.54) is 0 Å². The number of anilines is 2. The number of hydrogen-bond donors (Lipinski definition) is 2. The van der Waals surface area contributed by atoms with Gasteiger partial charge in [-0.3, -0.25) is 4.68 Å². The highest BCUT2D eigenvalue weighted by Crippen LogP contribution is 2.21. The van der Waals surface area contributed by atoms with E-state index in [0.29, 0.717) is 17.1 Å². The first-order chi connectivity index (χ1) is 9.02. The van der Waals surface area contributed by atoms with Gasteiger partial charge in [-0.2, -0.15) is 10.2 Å². The quantitative estimate of drug-likeness (QED) is 0.871. The monoisotopic (exact) mass is 261 g/mol. The highest BCUT2D eigenvalue weighted by molar-refractivity contribution is 5.95. The molecule has 7 nitrogen and oxygen atoms in total. The molecule has 0 bridgehead atoms. The average molecular weight is 261 g/mol. The second-order valence-electron chi connectivity index (χ2n) is 4.12. The summed E-state index contributed by atoms with van der Waals surface area (Å²) in [5, 5.41) is 24.2. The van der Waals surface area contributed by atoms with Crippen molar-refractivity contribution in [1.29, 1.82) is 0 Å². The van der Waals surface area contributed by atoms with Crippen LogP contribution in [0.5, 0.6) is 0 Å². The zero-order valence-corrected chi connectivity index (χ0v) is 11.0. The van der Waals surface area contributed by atoms with Crippen molar-refractivity contribution in [2.75, 3.05) is 5.32 Å². The van der Waals surface area contributed by atoms with E-state index in [2.05, 4.69) is 20.6 Å². The molecule has 0 radical (unpaired) electrons. The molecule has 0 fully saturated rings. The van der Waals surface area contributed by atoms with Gasteiger partial charge in [-0.1, -0.05) is 0 Å². The summed E-state index contributed by atoms with van der Waals surface area (Å²) in [6.45, 7) is 6.15. The number of nitrogens with one attached hydrogen (secondary N) is 1. The van der Waals surface area contributed by atoms with Gasteiger partial charge in [0, 0.05) is 18.8 Å². The van der Waals surface area contributed by atoms with Gasteiger partial charge < -0.3 is 10.4 Å². The van der Waals surface area contributed by atoms with E-state index >= 15 is 0 Å². The normalized spacial score (nSPS) is 10.5. The Hall–Kier alpha value is -2.44. The summed E-state index contributed by atoms with van der Waals surface area (Å²) in [5.41, 5.74) is 1.32. The first-order valence-corrected chi connectivity index (χ1v) is 5.90. The van der Waals surface area contributed by atoms with Crippen LogP contribution in [0.25, 0.3) is 0 Å². The predicted octanol–water partition coefficient (Wildman–Crippen LogP) is 1.75. The molecular formula is C12H15N5O2. The van der Waals surface area contributed by atoms with Gasteiger partial charge in [0.15, 0.2) is 11.6 Å². The van der Waals surface area contributed by atoms with Crippen LogP contribution in [-0.4, -0.2) is 31.1 Å². The lowest BCUT2D eigenvalue weighted by molar-refractivity contribution is 0.0696. The Labute approximate surface area is 110 Å². The highest BCUT2D eigenvalue weighted by atomic mass is 16.4. The van der Waals surface area contributed by atoms with Gasteiger partial charge in [-0.15, -0.1) is 5.10 Å². The van der Waals surface area contributed by atoms with Crippen molar-refractivity contribution in [3.8, 4) is 0 Å². The van der Waals surface area contributed by atoms with Gasteiger partial charge >= 0.3 is 5.97 Å². The van der Waals surface area contributed by atoms with Crippen LogP contribution in [0.15, 0.2) is 12.3 Å². The van der Waals surface area contributed by atoms with Gasteiger partial charge in [0.1, 0.15) is 5.56 Å². The summed E-state index contributed by atoms with van der Waals surface area (Å²) in [7, 11) is 0. The zero-order chi connectivity index (χ0) is 14.0. The number of carboxylic acid groups (broad SMARTS) is 1. The first kappa shape index (κ1) is 13.0. The highest BCUT2D eigenvalue weighted by Gasteiger charge is 2.18. The predicted molar refractivity (Wildman–Crippen MR) is 69.6 cm³/mol. The van der Waals surface area contributed by atoms with Crippen molar-refractivity contribution in [3.63, 3.8) is 0 Å². The molecule has 0 saturated heterocycles. The Morgan fingerprint density at radius 1 is 1.42 bits per heavy atom. The third kappa shape index (κ3) is 2.54. The number of hydrogen-bond acceptors (Lipinski definition) is 5. The molecule has 0 unspecified atom stereocenters. The van der Waals surface area contributed by atoms with E-state index in [1.807, 2.05) is 6.92 Å². The second-order valence-corrected chi connectivity index (χ2v) is 4.12. The second kappa shape index (κ2) is 5.05. The summed E-state index contributed by atoms with van der Waals surface area (Å²) in [5.74, 6) is -0.285. The molecular weight excluding hydrogens is 246 g/mol. The molecule has 100 valence electrons. The van der Waals surface area contributed by atoms with Crippen LogP contribution < -0.4 is 5.32 Å². The number of carbonyl (C=O) groups is 1. The van der Waals surface area contributed by atoms with Crippen molar-refractivity contribution in [3.05, 3.63) is 29.1 Å². The lowest BCUT2D eigenvalue weighted by Crippen LogP contribution is -2.11. The molecule has 2 N–H and O–H groups in total. The number of nitrogens with zero attached hydrogens (tertiary/aromatic N) is 4. The topological polar surface area (TPSA) is 92.9 Å². The zero-order valence-electron chi connectivity index (χ0n) is 11.0. The molecule has 0 aliphatic rings. The average Bonchev–Trinajstić information content (AvgIpc) is 2.81. The largest absolute Gasteiger partial charge is 0.478 e. The molecule has 7 heteroatoms. The molecule has 0 saturated carbocycles. The number of aryl methyl sites for hydroxylation is 2. The van der Waals surface area contributed by atoms with Crippen molar-refractivity contribution in [2.45, 2.75) is 27.3 Å². The third-order valence-corrected chi connectivity index (χ3v) is 2.88. The van der Waals surface area contributed by atoms with Crippen LogP contribution in [-0.2, 0) is 6.54 Å². The van der Waals surface area contributed by atoms with E-state index in [-0.39, 0.29) is 11.4 Å². The van der Waals surface area contributed by atoms with Gasteiger partial charge in [-0.05, 0) is 26.3 Å². The Bertz CT molecular complexity index is 621. The van der Waals surface area contributed by atoms with Crippen molar-refractivity contribution in [2.24, 2.45) is 0 Å². The van der Waals surface area contributed by atoms with Gasteiger partial charge in [0.25, 0.3) is 0 Å². The molecule has 0 amide bonds. The fraction of sp³-hybridized carbons (Fsp3) is 0.333. The van der Waals surface area contributed by atoms with Crippen LogP contribution in [0.4, 0.5) is 11.6 Å². The molecule has 2 heterocycles. The summed E-state index contributed by atoms with van der Waals surface area (Å²) in [6.07, 6.45) is 1.80. The molecule has 0 aliphatic heterocycles. The van der Waals surface area contributed by atoms with E-state index in [0.717, 1.165) is 6.54 Å². The maximum Gasteiger partial charge on any atom is 0.339 e. The van der Waals surface area contributed by atoms with Crippen molar-refractivity contribution >= 4 is 17.6 Å². The van der Waals surface area contributed by atoms with Gasteiger partial charge in [0.2, 0.25) is 0 Å². The molecule has 2 aromatic rings. The lowest BCUT2D eigenvalue weighted by Gasteiger charge is -2.09. The Balaban J connectivity index is 2.39. The van der Waals surface area contributed by atoms with Gasteiger partial charge in [0.05, 0.1) is 5.69 Å². The maximum absolute atomic E-state index is 11.3. The summed E-state index contributed by atoms with van der Waals surface area (Å²) < 4.78 is 1.73. The number of aromatic nitrogens is 4. The maximum atomic E-state index is 11.3. The first-order valence-electron chi connectivity index (χ1n) is 5.90. The molecule has 0 spiro atoms. The van der Waals surface area contributed by atoms with Gasteiger partial charge in [-0.25, -0.2) is 4.79 Å². The Kier molecular flexibility index (Phi) is 3.46. The van der Waals surface area contributed by atoms with E-state index in [4.69, 9.17) is 0 Å². The minimum Gasteiger partial charge on any atom is -0.478 e. The van der Waals surface area contributed by atoms with E-state index < -0.39 is 5.97 Å². The Morgan fingerprint density at radius 3 is 2.74 bits per heavy atom. The molecule has 0 aliphatic carbocycles. The molecule has 2 rings (SSSR count). The molecule has 0 atom stereocenters. The minimum absolute atomic E-state index is 0.124. The van der Waals surface area contributed by atoms with Crippen molar-refractivity contribution in [1.82, 2.24) is 20.0 Å². The minimum atomic E-state index is -1.03. The van der Waals surface area contributed by atoms with E-state index in [9.17, 15) is 9.90 Å². The van der Waals surface area contributed by atoms with Crippen LogP contribution in [0.3, 0.4) is 0 Å².